The summed E-state index contributed by atoms with van der Waals surface area (Å²) in [6.07, 6.45) is -49.7. The summed E-state index contributed by atoms with van der Waals surface area (Å²) in [6, 6.07) is 0. The first-order valence-corrected chi connectivity index (χ1v) is 32.6. The molecule has 100 heavy (non-hydrogen) atoms. The Kier molecular flexibility index (Phi) is 39.1. The van der Waals surface area contributed by atoms with E-state index in [4.69, 9.17) is 75.8 Å². The van der Waals surface area contributed by atoms with E-state index in [1.807, 2.05) is 0 Å². The van der Waals surface area contributed by atoms with Crippen LogP contribution in [0.3, 0.4) is 0 Å². The molecule has 6 rings (SSSR count). The molecule has 6 aliphatic rings. The Morgan fingerprint density at radius 1 is 0.310 bits per heavy atom. The molecule has 6 aliphatic heterocycles. The summed E-state index contributed by atoms with van der Waals surface area (Å²) < 4.78 is 87.0. The molecule has 0 spiro atoms. The zero-order chi connectivity index (χ0) is 73.9. The smallest absolute Gasteiger partial charge is 0.245 e. The van der Waals surface area contributed by atoms with Gasteiger partial charge in [-0.1, -0.05) is 0 Å². The summed E-state index contributed by atoms with van der Waals surface area (Å²) in [6.45, 7) is -0.450. The van der Waals surface area contributed by atoms with Crippen LogP contribution < -0.4 is 10.6 Å². The molecule has 30 atom stereocenters. The summed E-state index contributed by atoms with van der Waals surface area (Å²) in [7, 11) is 0. The van der Waals surface area contributed by atoms with Gasteiger partial charge in [-0.25, -0.2) is 0 Å². The van der Waals surface area contributed by atoms with Gasteiger partial charge in [-0.2, -0.15) is 0 Å². The molecule has 584 valence electrons. The minimum Gasteiger partial charge on any atom is -0.394 e. The Bertz CT molecular complexity index is 2170. The molecular weight excluding hydrogens is 1360 g/mol. The van der Waals surface area contributed by atoms with Crippen LogP contribution in [0.2, 0.25) is 0 Å². The first-order valence-electron chi connectivity index (χ1n) is 32.6. The van der Waals surface area contributed by atoms with Gasteiger partial charge in [0.2, 0.25) is 11.8 Å². The summed E-state index contributed by atoms with van der Waals surface area (Å²) in [5.41, 5.74) is 0. The predicted molar refractivity (Wildman–Crippen MR) is 319 cm³/mol. The van der Waals surface area contributed by atoms with Gasteiger partial charge >= 0.3 is 0 Å². The molecule has 0 aliphatic carbocycles. The number of hydrogen-bond acceptors (Lipinski definition) is 40. The van der Waals surface area contributed by atoms with Crippen LogP contribution in [0, 0.1) is 0 Å². The van der Waals surface area contributed by atoms with Crippen molar-refractivity contribution in [3.63, 3.8) is 0 Å². The standard InChI is InChI=1S/2C29H51NO20/c2*1-2-30-17(34)12-44-7-6-43-10-13(33)4-3-5-45-28-25(42)26(50-29-24(41)22(39)19(36)15(9-32)48-29)20(37)16(49-28)11-46-27-23(40)21(38)18(35)14(8-31)47-27/h2*14-16,18-29,31-32,35-42H,2-12H2,1H3,(H,30,34)/t2*14-,15-,16-,18-,19-,20-,21+,22+,23+,24+,25+,26+,27+,28+,29-/m11/s1. The van der Waals surface area contributed by atoms with Crippen molar-refractivity contribution in [3.8, 4) is 0 Å². The lowest BCUT2D eigenvalue weighted by Crippen LogP contribution is -2.65. The van der Waals surface area contributed by atoms with E-state index < -0.39 is 224 Å². The van der Waals surface area contributed by atoms with Crippen molar-refractivity contribution in [3.05, 3.63) is 0 Å². The summed E-state index contributed by atoms with van der Waals surface area (Å²) >= 11 is 0. The van der Waals surface area contributed by atoms with Gasteiger partial charge in [0.1, 0.15) is 173 Å². The Balaban J connectivity index is 0.000000361. The zero-order valence-electron chi connectivity index (χ0n) is 55.0. The number of aliphatic hydroxyl groups is 20. The number of Topliss-reactive ketones (excluding diaryl/α,β-unsaturated/α-hetero) is 2. The Labute approximate surface area is 572 Å². The number of nitrogens with one attached hydrogen (secondary N) is 2. The van der Waals surface area contributed by atoms with Gasteiger partial charge in [-0.05, 0) is 26.7 Å². The number of aliphatic hydroxyl groups excluding tert-OH is 20. The van der Waals surface area contributed by atoms with Crippen LogP contribution in [0.25, 0.3) is 0 Å². The van der Waals surface area contributed by atoms with E-state index in [0.717, 1.165) is 0 Å². The van der Waals surface area contributed by atoms with Crippen LogP contribution in [0.15, 0.2) is 0 Å². The number of rotatable bonds is 40. The predicted octanol–water partition coefficient (Wildman–Crippen LogP) is -14.1. The third-order valence-corrected chi connectivity index (χ3v) is 16.4. The molecule has 6 heterocycles. The normalized spacial score (nSPS) is 39.3. The third-order valence-electron chi connectivity index (χ3n) is 16.4. The van der Waals surface area contributed by atoms with E-state index in [1.54, 1.807) is 13.8 Å². The van der Waals surface area contributed by atoms with Crippen LogP contribution in [-0.4, -0.2) is 429 Å². The van der Waals surface area contributed by atoms with Crippen LogP contribution >= 0.6 is 0 Å². The van der Waals surface area contributed by atoms with Gasteiger partial charge in [0.25, 0.3) is 0 Å². The quantitative estimate of drug-likeness (QED) is 0.0253. The highest BCUT2D eigenvalue weighted by Gasteiger charge is 2.55. The summed E-state index contributed by atoms with van der Waals surface area (Å²) in [4.78, 5) is 47.1. The van der Waals surface area contributed by atoms with E-state index in [0.29, 0.717) is 13.1 Å². The highest BCUT2D eigenvalue weighted by Crippen LogP contribution is 2.34. The minimum atomic E-state index is -1.89. The molecule has 6 saturated heterocycles. The van der Waals surface area contributed by atoms with Gasteiger partial charge in [0.15, 0.2) is 49.3 Å². The average Bonchev–Trinajstić information content (AvgIpc) is 0.793. The molecule has 0 aromatic heterocycles. The number of carbonyl (C=O) groups excluding carboxylic acids is 4. The minimum absolute atomic E-state index is 0.000347. The van der Waals surface area contributed by atoms with Crippen molar-refractivity contribution in [1.29, 1.82) is 0 Å². The maximum atomic E-state index is 12.2. The van der Waals surface area contributed by atoms with Crippen molar-refractivity contribution < 1.29 is 197 Å². The largest absolute Gasteiger partial charge is 0.394 e. The molecule has 42 nitrogen and oxygen atoms in total. The second-order valence-corrected chi connectivity index (χ2v) is 23.8. The number of ether oxygens (including phenoxy) is 16. The lowest BCUT2D eigenvalue weighted by atomic mass is 9.96. The van der Waals surface area contributed by atoms with E-state index in [9.17, 15) is 121 Å². The average molecular weight is 1470 g/mol. The van der Waals surface area contributed by atoms with E-state index in [1.165, 1.54) is 0 Å². The van der Waals surface area contributed by atoms with Crippen molar-refractivity contribution >= 4 is 23.4 Å². The molecule has 6 fully saturated rings. The molecule has 0 aromatic carbocycles. The monoisotopic (exact) mass is 1470 g/mol. The van der Waals surface area contributed by atoms with Crippen LogP contribution in [-0.2, 0) is 95.0 Å². The number of likely N-dealkylation sites (N-methyl/N-ethyl adjacent to an activating group) is 2. The molecule has 0 bridgehead atoms. The van der Waals surface area contributed by atoms with E-state index in [2.05, 4.69) is 10.6 Å². The van der Waals surface area contributed by atoms with Crippen LogP contribution in [0.5, 0.6) is 0 Å². The van der Waals surface area contributed by atoms with Crippen molar-refractivity contribution in [2.45, 2.75) is 224 Å². The Hall–Kier alpha value is -3.16. The highest BCUT2D eigenvalue weighted by atomic mass is 16.8. The molecule has 2 amide bonds. The summed E-state index contributed by atoms with van der Waals surface area (Å²) in [5, 5.41) is 210. The van der Waals surface area contributed by atoms with Gasteiger partial charge in [0, 0.05) is 25.9 Å². The maximum Gasteiger partial charge on any atom is 0.245 e. The first-order chi connectivity index (χ1) is 47.7. The van der Waals surface area contributed by atoms with Gasteiger partial charge in [-0.15, -0.1) is 0 Å². The molecule has 0 radical (unpaired) electrons. The van der Waals surface area contributed by atoms with Crippen molar-refractivity contribution in [1.82, 2.24) is 10.6 Å². The lowest BCUT2D eigenvalue weighted by molar-refractivity contribution is -0.366. The molecule has 0 unspecified atom stereocenters. The maximum absolute atomic E-state index is 12.2. The fourth-order valence-electron chi connectivity index (χ4n) is 10.7. The number of carbonyl (C=O) groups is 4. The molecule has 42 heteroatoms. The Morgan fingerprint density at radius 2 is 0.580 bits per heavy atom. The summed E-state index contributed by atoms with van der Waals surface area (Å²) in [5.74, 6) is -1.12. The van der Waals surface area contributed by atoms with E-state index in [-0.39, 0.29) is 115 Å². The fourth-order valence-corrected chi connectivity index (χ4v) is 10.7. The molecular formula is C58H102N2O40. The Morgan fingerprint density at radius 3 is 0.880 bits per heavy atom. The molecule has 0 saturated carbocycles. The first kappa shape index (κ1) is 87.5. The highest BCUT2D eigenvalue weighted by molar-refractivity contribution is 5.80. The van der Waals surface area contributed by atoms with Crippen LogP contribution in [0.1, 0.15) is 39.5 Å². The third kappa shape index (κ3) is 25.5. The van der Waals surface area contributed by atoms with E-state index >= 15 is 0 Å². The number of amides is 2. The number of hydrogen-bond donors (Lipinski definition) is 22. The SMILES string of the molecule is CCNC(=O)COCCOCC(=O)CCCO[C@H]1O[C@H](CO[C@H]2O[C@H](CO)[C@@H](O)[C@H](O)[C@@H]2O)[C@@H](O)[C@H](O[C@H]2O[C@H](CO)[C@@H](O)[C@H](O)[C@@H]2O)[C@@H]1O.CCNC(=O)COCCOCC(=O)CCCO[C@H]1O[C@H](CO[C@H]2O[C@H](CO)[C@@H](O)[C@H](O)[C@@H]2O)[C@@H](O)[C@H](O[C@H]2O[C@H](CO)[C@@H](O)[C@H](O)[C@@H]2O)[C@@H]1O. The second-order valence-electron chi connectivity index (χ2n) is 23.8. The molecule has 22 N–H and O–H groups in total. The topological polar surface area (TPSA) is 645 Å². The number of ketones is 2. The van der Waals surface area contributed by atoms with Crippen molar-refractivity contribution in [2.24, 2.45) is 0 Å². The van der Waals surface area contributed by atoms with Gasteiger partial charge in [0.05, 0.1) is 79.3 Å². The second kappa shape index (κ2) is 44.7. The lowest BCUT2D eigenvalue weighted by Gasteiger charge is -2.46. The van der Waals surface area contributed by atoms with Crippen LogP contribution in [0.4, 0.5) is 0 Å². The van der Waals surface area contributed by atoms with Gasteiger partial charge in [-0.3, -0.25) is 19.2 Å². The van der Waals surface area contributed by atoms with Gasteiger partial charge < -0.3 is 189 Å². The molecule has 0 aromatic rings. The fraction of sp³-hybridized carbons (Fsp3) is 0.931. The van der Waals surface area contributed by atoms with Crippen molar-refractivity contribution in [2.75, 3.05) is 119 Å². The zero-order valence-corrected chi connectivity index (χ0v) is 55.0.